The van der Waals surface area contributed by atoms with Crippen molar-refractivity contribution in [3.63, 3.8) is 0 Å². The number of benzene rings is 4. The summed E-state index contributed by atoms with van der Waals surface area (Å²) in [5, 5.41) is 3.82. The normalized spacial score (nSPS) is 11.4. The van der Waals surface area contributed by atoms with E-state index < -0.39 is 0 Å². The SMILES string of the molecule is [Co].[Pt].c1ccc2c(c1)-c1nc-2nc2[nH]c(nc3nc(nc4[nH]c(n1)c1ccccc41)-c1ccccc1-3)c1ccccc21. The number of aromatic amines is 2. The number of nitrogens with zero attached hydrogens (tertiary/aromatic N) is 6. The first kappa shape index (κ1) is 26.3. The molecule has 8 bridgehead atoms. The molecule has 4 aromatic carbocycles. The van der Waals surface area contributed by atoms with Crippen LogP contribution >= 0.6 is 0 Å². The fourth-order valence-electron chi connectivity index (χ4n) is 5.59. The molecule has 3 aromatic heterocycles. The molecule has 0 spiro atoms. The molecule has 10 heteroatoms. The van der Waals surface area contributed by atoms with Crippen LogP contribution in [0.3, 0.4) is 0 Å². The second kappa shape index (κ2) is 10.1. The molecule has 205 valence electrons. The van der Waals surface area contributed by atoms with Gasteiger partial charge in [0.15, 0.2) is 23.3 Å². The Morgan fingerprint density at radius 3 is 0.833 bits per heavy atom. The van der Waals surface area contributed by atoms with Crippen LogP contribution in [0.4, 0.5) is 0 Å². The molecule has 2 aliphatic rings. The topological polar surface area (TPSA) is 109 Å². The average molecular weight is 769 g/mol. The summed E-state index contributed by atoms with van der Waals surface area (Å²) in [4.78, 5) is 36.8. The van der Waals surface area contributed by atoms with Gasteiger partial charge in [0.25, 0.3) is 0 Å². The monoisotopic (exact) mass is 768 g/mol. The smallest absolute Gasteiger partial charge is 0.164 e. The minimum absolute atomic E-state index is 0. The van der Waals surface area contributed by atoms with Gasteiger partial charge in [0.2, 0.25) is 0 Å². The van der Waals surface area contributed by atoms with Gasteiger partial charge in [-0.15, -0.1) is 0 Å². The molecule has 9 rings (SSSR count). The van der Waals surface area contributed by atoms with E-state index >= 15 is 0 Å². The molecule has 0 aliphatic carbocycles. The summed E-state index contributed by atoms with van der Waals surface area (Å²) in [7, 11) is 0. The average Bonchev–Trinajstić information content (AvgIpc) is 3.73. The Morgan fingerprint density at radius 1 is 0.333 bits per heavy atom. The molecule has 5 heterocycles. The zero-order chi connectivity index (χ0) is 26.2. The predicted octanol–water partition coefficient (Wildman–Crippen LogP) is 6.86. The predicted molar refractivity (Wildman–Crippen MR) is 156 cm³/mol. The molecule has 2 aliphatic heterocycles. The van der Waals surface area contributed by atoms with E-state index in [1.807, 2.05) is 97.1 Å². The minimum atomic E-state index is 0. The molecule has 0 amide bonds. The quantitative estimate of drug-likeness (QED) is 0.175. The molecule has 42 heavy (non-hydrogen) atoms. The summed E-state index contributed by atoms with van der Waals surface area (Å²) >= 11 is 0. The molecular weight excluding hydrogens is 750 g/mol. The van der Waals surface area contributed by atoms with Gasteiger partial charge in [-0.1, -0.05) is 97.1 Å². The van der Waals surface area contributed by atoms with Gasteiger partial charge in [0, 0.05) is 81.6 Å². The van der Waals surface area contributed by atoms with Crippen LogP contribution in [0.25, 0.3) is 89.7 Å². The maximum Gasteiger partial charge on any atom is 0.164 e. The maximum absolute atomic E-state index is 5.02. The molecule has 0 fully saturated rings. The van der Waals surface area contributed by atoms with Crippen molar-refractivity contribution in [1.82, 2.24) is 39.9 Å². The van der Waals surface area contributed by atoms with Crippen molar-refractivity contribution < 1.29 is 37.8 Å². The number of rotatable bonds is 0. The van der Waals surface area contributed by atoms with Crippen LogP contribution in [0.15, 0.2) is 97.1 Å². The number of hydrogen-bond acceptors (Lipinski definition) is 6. The molecule has 7 aromatic rings. The third kappa shape index (κ3) is 3.93. The molecular formula is C32H18CoN8Pt. The summed E-state index contributed by atoms with van der Waals surface area (Å²) in [6.07, 6.45) is 0. The molecule has 2 N–H and O–H groups in total. The van der Waals surface area contributed by atoms with Gasteiger partial charge in [-0.3, -0.25) is 0 Å². The summed E-state index contributed by atoms with van der Waals surface area (Å²) in [6.45, 7) is 0. The fraction of sp³-hybridized carbons (Fsp3) is 0. The zero-order valence-corrected chi connectivity index (χ0v) is 24.9. The van der Waals surface area contributed by atoms with Crippen LogP contribution in [-0.4, -0.2) is 39.9 Å². The van der Waals surface area contributed by atoms with Crippen LogP contribution in [0, 0.1) is 0 Å². The third-order valence-corrected chi connectivity index (χ3v) is 7.46. The molecule has 8 nitrogen and oxygen atoms in total. The summed E-state index contributed by atoms with van der Waals surface area (Å²) in [5.41, 5.74) is 6.45. The number of H-pyrrole nitrogens is 2. The first-order valence-corrected chi connectivity index (χ1v) is 13.0. The number of aromatic nitrogens is 8. The number of nitrogens with one attached hydrogen (secondary N) is 2. The van der Waals surface area contributed by atoms with E-state index in [2.05, 4.69) is 9.97 Å². The Labute approximate surface area is 263 Å². The maximum atomic E-state index is 5.02. The van der Waals surface area contributed by atoms with E-state index in [9.17, 15) is 0 Å². The molecule has 0 saturated carbocycles. The van der Waals surface area contributed by atoms with Crippen molar-refractivity contribution in [3.05, 3.63) is 97.1 Å². The van der Waals surface area contributed by atoms with Crippen molar-refractivity contribution in [3.8, 4) is 45.6 Å². The van der Waals surface area contributed by atoms with Crippen molar-refractivity contribution >= 4 is 44.1 Å². The van der Waals surface area contributed by atoms with Crippen LogP contribution in [0.2, 0.25) is 0 Å². The molecule has 0 atom stereocenters. The molecule has 0 unspecified atom stereocenters. The second-order valence-electron chi connectivity index (χ2n) is 9.79. The van der Waals surface area contributed by atoms with Crippen molar-refractivity contribution in [2.75, 3.05) is 0 Å². The van der Waals surface area contributed by atoms with Crippen LogP contribution in [0.5, 0.6) is 0 Å². The number of hydrogen-bond donors (Lipinski definition) is 2. The van der Waals surface area contributed by atoms with Crippen LogP contribution in [0.1, 0.15) is 0 Å². The zero-order valence-electron chi connectivity index (χ0n) is 21.6. The first-order valence-electron chi connectivity index (χ1n) is 13.0. The first-order chi connectivity index (χ1) is 19.8. The van der Waals surface area contributed by atoms with Gasteiger partial charge in [-0.2, -0.15) is 0 Å². The minimum Gasteiger partial charge on any atom is -0.324 e. The van der Waals surface area contributed by atoms with Crippen LogP contribution in [-0.2, 0) is 37.8 Å². The van der Waals surface area contributed by atoms with Crippen molar-refractivity contribution in [2.45, 2.75) is 0 Å². The van der Waals surface area contributed by atoms with E-state index in [4.69, 9.17) is 29.9 Å². The Bertz CT molecular complexity index is 2040. The Morgan fingerprint density at radius 2 is 0.571 bits per heavy atom. The molecule has 1 radical (unpaired) electrons. The Hall–Kier alpha value is -4.57. The van der Waals surface area contributed by atoms with Gasteiger partial charge >= 0.3 is 0 Å². The van der Waals surface area contributed by atoms with E-state index in [1.165, 1.54) is 0 Å². The van der Waals surface area contributed by atoms with E-state index in [-0.39, 0.29) is 37.8 Å². The fourth-order valence-corrected chi connectivity index (χ4v) is 5.59. The van der Waals surface area contributed by atoms with Gasteiger partial charge in [-0.25, -0.2) is 29.9 Å². The van der Waals surface area contributed by atoms with Gasteiger partial charge in [0.1, 0.15) is 22.6 Å². The summed E-state index contributed by atoms with van der Waals surface area (Å²) in [6, 6.07) is 32.2. The Balaban J connectivity index is 0.00000144. The summed E-state index contributed by atoms with van der Waals surface area (Å²) < 4.78 is 0. The van der Waals surface area contributed by atoms with Crippen molar-refractivity contribution in [1.29, 1.82) is 0 Å². The van der Waals surface area contributed by atoms with Gasteiger partial charge < -0.3 is 9.97 Å². The van der Waals surface area contributed by atoms with E-state index in [0.717, 1.165) is 43.8 Å². The molecule has 0 saturated heterocycles. The van der Waals surface area contributed by atoms with Crippen LogP contribution < -0.4 is 0 Å². The Kier molecular flexibility index (Phi) is 6.31. The standard InChI is InChI=1S/C32H18N8.Co.Pt/c1-2-10-18-17(9-1)25-33-26(18)38-28-21-13-5-6-14-22(21)30(35-28)40-32-24-16-8-7-15-23(24)31(36-32)39-29-20-12-4-3-11-19(20)27(34-29)37-25;;/h1-16H,(H2,33,34,35,36,37,38,39,40);;. The van der Waals surface area contributed by atoms with Crippen molar-refractivity contribution in [2.24, 2.45) is 0 Å². The third-order valence-electron chi connectivity index (χ3n) is 7.46. The van der Waals surface area contributed by atoms with E-state index in [0.29, 0.717) is 45.9 Å². The second-order valence-corrected chi connectivity index (χ2v) is 9.79. The number of fused-ring (bicyclic) bond motifs is 20. The largest absolute Gasteiger partial charge is 0.324 e. The summed E-state index contributed by atoms with van der Waals surface area (Å²) in [5.74, 6) is 2.39. The van der Waals surface area contributed by atoms with E-state index in [1.54, 1.807) is 0 Å². The van der Waals surface area contributed by atoms with Gasteiger partial charge in [0.05, 0.1) is 0 Å². The van der Waals surface area contributed by atoms with Gasteiger partial charge in [-0.05, 0) is 0 Å².